The molecule has 1 heterocycles. The number of carbonyl (C=O) groups is 1. The van der Waals surface area contributed by atoms with Crippen molar-refractivity contribution in [2.75, 3.05) is 17.1 Å². The van der Waals surface area contributed by atoms with Crippen molar-refractivity contribution in [3.8, 4) is 5.75 Å². The van der Waals surface area contributed by atoms with Crippen molar-refractivity contribution in [3.05, 3.63) is 63.9 Å². The van der Waals surface area contributed by atoms with Gasteiger partial charge in [-0.1, -0.05) is 13.8 Å². The van der Waals surface area contributed by atoms with E-state index in [1.165, 1.54) is 24.5 Å². The molecule has 0 aliphatic rings. The Morgan fingerprint density at radius 2 is 1.88 bits per heavy atom. The minimum atomic E-state index is -3.99. The number of amides is 1. The van der Waals surface area contributed by atoms with Crippen LogP contribution in [0.15, 0.2) is 47.4 Å². The van der Waals surface area contributed by atoms with Crippen LogP contribution in [-0.2, 0) is 16.4 Å². The predicted molar refractivity (Wildman–Crippen MR) is 124 cm³/mol. The number of nitrogens with one attached hydrogen (secondary N) is 2. The molecule has 0 atom stereocenters. The van der Waals surface area contributed by atoms with Gasteiger partial charge in [-0.3, -0.25) is 9.52 Å². The third-order valence-electron chi connectivity index (χ3n) is 4.46. The van der Waals surface area contributed by atoms with Gasteiger partial charge in [0.1, 0.15) is 16.4 Å². The van der Waals surface area contributed by atoms with Gasteiger partial charge in [-0.25, -0.2) is 17.8 Å². The van der Waals surface area contributed by atoms with E-state index in [0.29, 0.717) is 22.2 Å². The second-order valence-corrected chi connectivity index (χ2v) is 10.3. The molecule has 1 aromatic heterocycles. The molecule has 7 nitrogen and oxygen atoms in total. The summed E-state index contributed by atoms with van der Waals surface area (Å²) in [5.74, 6) is -0.176. The van der Waals surface area contributed by atoms with Crippen LogP contribution < -0.4 is 14.8 Å². The van der Waals surface area contributed by atoms with Gasteiger partial charge in [0.15, 0.2) is 0 Å². The van der Waals surface area contributed by atoms with E-state index in [1.54, 1.807) is 19.1 Å². The number of methoxy groups -OCH3 is 1. The van der Waals surface area contributed by atoms with E-state index < -0.39 is 15.8 Å². The van der Waals surface area contributed by atoms with Crippen molar-refractivity contribution < 1.29 is 22.3 Å². The number of anilines is 2. The van der Waals surface area contributed by atoms with Gasteiger partial charge in [0.25, 0.3) is 15.9 Å². The lowest BCUT2D eigenvalue weighted by Crippen LogP contribution is -2.15. The molecule has 0 unspecified atom stereocenters. The molecule has 3 rings (SSSR count). The highest BCUT2D eigenvalue weighted by Gasteiger charge is 2.19. The Hall–Kier alpha value is -2.98. The lowest BCUT2D eigenvalue weighted by Gasteiger charge is -2.14. The molecule has 0 saturated heterocycles. The quantitative estimate of drug-likeness (QED) is 0.483. The minimum Gasteiger partial charge on any atom is -0.495 e. The van der Waals surface area contributed by atoms with E-state index in [0.717, 1.165) is 35.7 Å². The Morgan fingerprint density at radius 1 is 1.19 bits per heavy atom. The molecule has 1 amide bonds. The van der Waals surface area contributed by atoms with Gasteiger partial charge < -0.3 is 10.1 Å². The van der Waals surface area contributed by atoms with Gasteiger partial charge in [0.05, 0.1) is 28.4 Å². The molecule has 2 aromatic carbocycles. The SMILES string of the molecule is COc1ccc(NC(=O)c2sc(CC(C)C)nc2C)cc1NS(=O)(=O)c1ccc(F)cc1. The fraction of sp³-hybridized carbons (Fsp3) is 0.273. The van der Waals surface area contributed by atoms with Crippen molar-refractivity contribution in [3.63, 3.8) is 0 Å². The van der Waals surface area contributed by atoms with Crippen molar-refractivity contribution in [2.45, 2.75) is 32.1 Å². The van der Waals surface area contributed by atoms with Crippen LogP contribution in [0.1, 0.15) is 34.2 Å². The van der Waals surface area contributed by atoms with E-state index in [1.807, 2.05) is 0 Å². The standard InChI is InChI=1S/C22H24FN3O4S2/c1-13(2)11-20-24-14(3)21(31-20)22(27)25-16-7-10-19(30-4)18(12-16)26-32(28,29)17-8-5-15(23)6-9-17/h5-10,12-13,26H,11H2,1-4H3,(H,25,27). The third kappa shape index (κ3) is 5.63. The van der Waals surface area contributed by atoms with Gasteiger partial charge in [0, 0.05) is 12.1 Å². The third-order valence-corrected chi connectivity index (χ3v) is 7.02. The van der Waals surface area contributed by atoms with E-state index in [9.17, 15) is 17.6 Å². The number of nitrogens with zero attached hydrogens (tertiary/aromatic N) is 1. The summed E-state index contributed by atoms with van der Waals surface area (Å²) in [6, 6.07) is 9.07. The summed E-state index contributed by atoms with van der Waals surface area (Å²) in [7, 11) is -2.59. The Labute approximate surface area is 190 Å². The molecule has 32 heavy (non-hydrogen) atoms. The topological polar surface area (TPSA) is 97.4 Å². The van der Waals surface area contributed by atoms with Gasteiger partial charge in [-0.2, -0.15) is 0 Å². The fourth-order valence-corrected chi connectivity index (χ4v) is 5.20. The summed E-state index contributed by atoms with van der Waals surface area (Å²) in [5, 5.41) is 3.68. The van der Waals surface area contributed by atoms with Crippen LogP contribution in [0.4, 0.5) is 15.8 Å². The van der Waals surface area contributed by atoms with E-state index in [4.69, 9.17) is 4.74 Å². The number of hydrogen-bond acceptors (Lipinski definition) is 6. The van der Waals surface area contributed by atoms with Crippen LogP contribution in [0.25, 0.3) is 0 Å². The highest BCUT2D eigenvalue weighted by atomic mass is 32.2. The number of halogens is 1. The van der Waals surface area contributed by atoms with Crippen molar-refractivity contribution in [1.29, 1.82) is 0 Å². The number of thiazole rings is 1. The Morgan fingerprint density at radius 3 is 2.50 bits per heavy atom. The lowest BCUT2D eigenvalue weighted by atomic mass is 10.1. The first-order chi connectivity index (χ1) is 15.1. The molecule has 0 aliphatic carbocycles. The van der Waals surface area contributed by atoms with E-state index in [2.05, 4.69) is 28.9 Å². The number of sulfonamides is 1. The fourth-order valence-electron chi connectivity index (χ4n) is 2.97. The number of hydrogen-bond donors (Lipinski definition) is 2. The number of benzene rings is 2. The Balaban J connectivity index is 1.84. The first-order valence-electron chi connectivity index (χ1n) is 9.83. The van der Waals surface area contributed by atoms with Crippen molar-refractivity contribution >= 4 is 38.6 Å². The summed E-state index contributed by atoms with van der Waals surface area (Å²) < 4.78 is 46.2. The average molecular weight is 478 g/mol. The lowest BCUT2D eigenvalue weighted by molar-refractivity contribution is 0.103. The van der Waals surface area contributed by atoms with Crippen molar-refractivity contribution in [1.82, 2.24) is 4.98 Å². The molecule has 3 aromatic rings. The number of ether oxygens (including phenoxy) is 1. The monoisotopic (exact) mass is 477 g/mol. The molecule has 0 radical (unpaired) electrons. The molecule has 10 heteroatoms. The summed E-state index contributed by atoms with van der Waals surface area (Å²) in [6.45, 7) is 5.95. The molecule has 0 fully saturated rings. The summed E-state index contributed by atoms with van der Waals surface area (Å²) in [4.78, 5) is 17.7. The van der Waals surface area contributed by atoms with Gasteiger partial charge in [-0.05, 0) is 55.3 Å². The largest absolute Gasteiger partial charge is 0.495 e. The Kier molecular flexibility index (Phi) is 7.15. The second kappa shape index (κ2) is 9.66. The highest BCUT2D eigenvalue weighted by molar-refractivity contribution is 7.92. The Bertz CT molecular complexity index is 1220. The van der Waals surface area contributed by atoms with Crippen LogP contribution in [0.5, 0.6) is 5.75 Å². The van der Waals surface area contributed by atoms with Crippen LogP contribution >= 0.6 is 11.3 Å². The average Bonchev–Trinajstić information content (AvgIpc) is 3.07. The zero-order valence-electron chi connectivity index (χ0n) is 18.1. The highest BCUT2D eigenvalue weighted by Crippen LogP contribution is 2.31. The summed E-state index contributed by atoms with van der Waals surface area (Å²) in [5.41, 5.74) is 1.16. The maximum Gasteiger partial charge on any atom is 0.267 e. The number of carbonyl (C=O) groups excluding carboxylic acids is 1. The van der Waals surface area contributed by atoms with Gasteiger partial charge in [0.2, 0.25) is 0 Å². The maximum atomic E-state index is 13.1. The summed E-state index contributed by atoms with van der Waals surface area (Å²) >= 11 is 1.35. The molecule has 0 bridgehead atoms. The predicted octanol–water partition coefficient (Wildman–Crippen LogP) is 4.85. The van der Waals surface area contributed by atoms with E-state index >= 15 is 0 Å². The zero-order chi connectivity index (χ0) is 23.5. The smallest absolute Gasteiger partial charge is 0.267 e. The molecule has 170 valence electrons. The van der Waals surface area contributed by atoms with Crippen LogP contribution in [0.3, 0.4) is 0 Å². The van der Waals surface area contributed by atoms with Gasteiger partial charge >= 0.3 is 0 Å². The van der Waals surface area contributed by atoms with Crippen LogP contribution in [0, 0.1) is 18.7 Å². The zero-order valence-corrected chi connectivity index (χ0v) is 19.7. The van der Waals surface area contributed by atoms with Crippen LogP contribution in [-0.4, -0.2) is 26.4 Å². The first-order valence-corrected chi connectivity index (χ1v) is 12.1. The number of aryl methyl sites for hydroxylation is 1. The number of aromatic nitrogens is 1. The normalized spacial score (nSPS) is 11.4. The molecule has 0 spiro atoms. The summed E-state index contributed by atoms with van der Waals surface area (Å²) in [6.07, 6.45) is 0.788. The van der Waals surface area contributed by atoms with Crippen molar-refractivity contribution in [2.24, 2.45) is 5.92 Å². The second-order valence-electron chi connectivity index (χ2n) is 7.55. The maximum absolute atomic E-state index is 13.1. The molecule has 2 N–H and O–H groups in total. The molecule has 0 aliphatic heterocycles. The van der Waals surface area contributed by atoms with Crippen LogP contribution in [0.2, 0.25) is 0 Å². The minimum absolute atomic E-state index is 0.103. The van der Waals surface area contributed by atoms with Gasteiger partial charge in [-0.15, -0.1) is 11.3 Å². The molecule has 0 saturated carbocycles. The number of rotatable bonds is 8. The molecular weight excluding hydrogens is 453 g/mol. The van der Waals surface area contributed by atoms with E-state index in [-0.39, 0.29) is 22.2 Å². The first kappa shape index (κ1) is 23.7. The molecular formula is C22H24FN3O4S2.